The van der Waals surface area contributed by atoms with Gasteiger partial charge < -0.3 is 9.84 Å². The molecule has 2 saturated heterocycles. The Kier molecular flexibility index (Phi) is 6.78. The first kappa shape index (κ1) is 25.0. The summed E-state index contributed by atoms with van der Waals surface area (Å²) < 4.78 is 42.3. The van der Waals surface area contributed by atoms with Crippen molar-refractivity contribution >= 4 is 29.5 Å². The first-order valence-electron chi connectivity index (χ1n) is 10.7. The molecule has 1 aromatic heterocycles. The van der Waals surface area contributed by atoms with Crippen LogP contribution in [0.3, 0.4) is 0 Å². The number of halogens is 3. The predicted molar refractivity (Wildman–Crippen MR) is 119 cm³/mol. The Morgan fingerprint density at radius 1 is 1.23 bits per heavy atom. The van der Waals surface area contributed by atoms with Gasteiger partial charge in [0.1, 0.15) is 11.3 Å². The summed E-state index contributed by atoms with van der Waals surface area (Å²) in [4.78, 5) is 44.7. The highest BCUT2D eigenvalue weighted by Gasteiger charge is 2.68. The summed E-state index contributed by atoms with van der Waals surface area (Å²) in [5, 5.41) is 13.2. The molecule has 2 amide bonds. The number of carbonyl (C=O) groups excluding carboxylic acids is 2. The number of amides is 2. The van der Waals surface area contributed by atoms with Crippen LogP contribution in [0.2, 0.25) is 0 Å². The second kappa shape index (κ2) is 9.50. The SMILES string of the molecule is CSCCC1(C(=O)O)NC(c2cccc(OC(F)(F)F)c2)C2C(=O)N(Cc3ccccn3)C(=O)C21. The van der Waals surface area contributed by atoms with E-state index in [9.17, 15) is 32.7 Å². The number of imide groups is 1. The van der Waals surface area contributed by atoms with E-state index in [-0.39, 0.29) is 18.5 Å². The predicted octanol–water partition coefficient (Wildman–Crippen LogP) is 3.00. The number of aliphatic carboxylic acids is 1. The smallest absolute Gasteiger partial charge is 0.480 e. The van der Waals surface area contributed by atoms with Gasteiger partial charge in [-0.1, -0.05) is 18.2 Å². The first-order valence-corrected chi connectivity index (χ1v) is 12.1. The van der Waals surface area contributed by atoms with Gasteiger partial charge in [-0.05, 0) is 48.3 Å². The molecule has 4 atom stereocenters. The van der Waals surface area contributed by atoms with Gasteiger partial charge in [-0.25, -0.2) is 0 Å². The van der Waals surface area contributed by atoms with Gasteiger partial charge in [0.25, 0.3) is 0 Å². The van der Waals surface area contributed by atoms with E-state index in [0.29, 0.717) is 11.4 Å². The van der Waals surface area contributed by atoms with Crippen molar-refractivity contribution in [2.24, 2.45) is 11.8 Å². The van der Waals surface area contributed by atoms with Crippen LogP contribution >= 0.6 is 11.8 Å². The average Bonchev–Trinajstić information content (AvgIpc) is 3.28. The Morgan fingerprint density at radius 2 is 2.00 bits per heavy atom. The fraction of sp³-hybridized carbons (Fsp3) is 0.391. The molecule has 4 rings (SSSR count). The van der Waals surface area contributed by atoms with Crippen LogP contribution in [0.15, 0.2) is 48.7 Å². The number of nitrogens with one attached hydrogen (secondary N) is 1. The number of likely N-dealkylation sites (tertiary alicyclic amines) is 1. The van der Waals surface area contributed by atoms with Crippen LogP contribution in [0, 0.1) is 11.8 Å². The number of nitrogens with zero attached hydrogens (tertiary/aromatic N) is 2. The number of hydrogen-bond acceptors (Lipinski definition) is 7. The van der Waals surface area contributed by atoms with E-state index in [4.69, 9.17) is 0 Å². The van der Waals surface area contributed by atoms with Crippen LogP contribution in [0.25, 0.3) is 0 Å². The van der Waals surface area contributed by atoms with Crippen LogP contribution in [0.1, 0.15) is 23.7 Å². The lowest BCUT2D eigenvalue weighted by Gasteiger charge is -2.31. The summed E-state index contributed by atoms with van der Waals surface area (Å²) >= 11 is 1.38. The van der Waals surface area contributed by atoms with Gasteiger partial charge >= 0.3 is 12.3 Å². The largest absolute Gasteiger partial charge is 0.573 e. The molecule has 8 nitrogen and oxygen atoms in total. The molecule has 35 heavy (non-hydrogen) atoms. The molecule has 3 heterocycles. The highest BCUT2D eigenvalue weighted by atomic mass is 32.2. The van der Waals surface area contributed by atoms with Crippen molar-refractivity contribution in [2.45, 2.75) is 30.9 Å². The van der Waals surface area contributed by atoms with Crippen LogP contribution < -0.4 is 10.1 Å². The number of carboxylic acids is 1. The molecule has 0 spiro atoms. The Bertz CT molecular complexity index is 1130. The lowest BCUT2D eigenvalue weighted by molar-refractivity contribution is -0.274. The molecular formula is C23H22F3N3O5S. The molecule has 2 fully saturated rings. The van der Waals surface area contributed by atoms with E-state index < -0.39 is 53.3 Å². The molecule has 0 saturated carbocycles. The fourth-order valence-electron chi connectivity index (χ4n) is 4.86. The van der Waals surface area contributed by atoms with Crippen molar-refractivity contribution in [2.75, 3.05) is 12.0 Å². The Labute approximate surface area is 202 Å². The topological polar surface area (TPSA) is 109 Å². The second-order valence-corrected chi connectivity index (χ2v) is 9.33. The fourth-order valence-corrected chi connectivity index (χ4v) is 5.39. The van der Waals surface area contributed by atoms with Gasteiger partial charge in [0, 0.05) is 12.2 Å². The van der Waals surface area contributed by atoms with Gasteiger partial charge in [0.2, 0.25) is 11.8 Å². The zero-order valence-corrected chi connectivity index (χ0v) is 19.3. The maximum Gasteiger partial charge on any atom is 0.573 e. The van der Waals surface area contributed by atoms with Gasteiger partial charge in [-0.2, -0.15) is 11.8 Å². The van der Waals surface area contributed by atoms with Gasteiger partial charge in [-0.15, -0.1) is 13.2 Å². The number of rotatable bonds is 8. The Morgan fingerprint density at radius 3 is 2.63 bits per heavy atom. The normalized spacial score (nSPS) is 26.2. The number of fused-ring (bicyclic) bond motifs is 1. The second-order valence-electron chi connectivity index (χ2n) is 8.35. The minimum atomic E-state index is -4.92. The summed E-state index contributed by atoms with van der Waals surface area (Å²) in [6, 6.07) is 9.02. The van der Waals surface area contributed by atoms with E-state index >= 15 is 0 Å². The maximum atomic E-state index is 13.5. The molecule has 12 heteroatoms. The molecule has 2 N–H and O–H groups in total. The van der Waals surface area contributed by atoms with Crippen LogP contribution in [0.5, 0.6) is 5.75 Å². The summed E-state index contributed by atoms with van der Waals surface area (Å²) in [5.74, 6) is -5.02. The summed E-state index contributed by atoms with van der Waals surface area (Å²) in [7, 11) is 0. The van der Waals surface area contributed by atoms with Crippen LogP contribution in [0.4, 0.5) is 13.2 Å². The van der Waals surface area contributed by atoms with Gasteiger partial charge in [-0.3, -0.25) is 29.6 Å². The maximum absolute atomic E-state index is 13.5. The molecule has 2 aromatic rings. The van der Waals surface area contributed by atoms with E-state index in [1.165, 1.54) is 30.1 Å². The van der Waals surface area contributed by atoms with Crippen molar-refractivity contribution in [1.82, 2.24) is 15.2 Å². The van der Waals surface area contributed by atoms with Crippen LogP contribution in [-0.4, -0.2) is 56.7 Å². The Hall–Kier alpha value is -3.12. The van der Waals surface area contributed by atoms with Crippen molar-refractivity contribution in [1.29, 1.82) is 0 Å². The first-order chi connectivity index (χ1) is 16.6. The number of thioether (sulfide) groups is 1. The Balaban J connectivity index is 1.76. The average molecular weight is 510 g/mol. The van der Waals surface area contributed by atoms with E-state index in [2.05, 4.69) is 15.0 Å². The van der Waals surface area contributed by atoms with Crippen molar-refractivity contribution in [3.8, 4) is 5.75 Å². The molecule has 2 aliphatic heterocycles. The van der Waals surface area contributed by atoms with Crippen molar-refractivity contribution < 1.29 is 37.4 Å². The van der Waals surface area contributed by atoms with Crippen molar-refractivity contribution in [3.05, 3.63) is 59.9 Å². The standard InChI is InChI=1S/C23H22F3N3O5S/c1-35-10-8-22(21(32)33)17-16(19(30)29(20(17)31)12-14-6-2-3-9-27-14)18(28-22)13-5-4-7-15(11-13)34-23(24,25)26/h2-7,9,11,16-18,28H,8,10,12H2,1H3,(H,32,33). The van der Waals surface area contributed by atoms with Gasteiger partial charge in [0.15, 0.2) is 0 Å². The quantitative estimate of drug-likeness (QED) is 0.523. The van der Waals surface area contributed by atoms with Crippen molar-refractivity contribution in [3.63, 3.8) is 0 Å². The highest BCUT2D eigenvalue weighted by Crippen LogP contribution is 2.51. The van der Waals surface area contributed by atoms with E-state index in [1.54, 1.807) is 24.5 Å². The minimum Gasteiger partial charge on any atom is -0.480 e. The third kappa shape index (κ3) is 4.72. The van der Waals surface area contributed by atoms with E-state index in [0.717, 1.165) is 17.0 Å². The van der Waals surface area contributed by atoms with Crippen LogP contribution in [-0.2, 0) is 20.9 Å². The number of carbonyl (C=O) groups is 3. The number of carboxylic acid groups (broad SMARTS) is 1. The molecule has 1 aromatic carbocycles. The number of pyridine rings is 1. The summed E-state index contributed by atoms with van der Waals surface area (Å²) in [6.45, 7) is -0.131. The number of alkyl halides is 3. The zero-order valence-electron chi connectivity index (χ0n) is 18.5. The lowest BCUT2D eigenvalue weighted by Crippen LogP contribution is -2.56. The van der Waals surface area contributed by atoms with Gasteiger partial charge in [0.05, 0.1) is 24.1 Å². The third-order valence-corrected chi connectivity index (χ3v) is 6.94. The molecule has 0 bridgehead atoms. The monoisotopic (exact) mass is 509 g/mol. The molecule has 0 radical (unpaired) electrons. The third-order valence-electron chi connectivity index (χ3n) is 6.32. The molecule has 0 aliphatic carbocycles. The minimum absolute atomic E-state index is 0.0381. The number of aromatic nitrogens is 1. The number of hydrogen-bond donors (Lipinski definition) is 2. The molecule has 4 unspecified atom stereocenters. The highest BCUT2D eigenvalue weighted by molar-refractivity contribution is 7.98. The zero-order chi connectivity index (χ0) is 25.4. The number of benzene rings is 1. The molecular weight excluding hydrogens is 487 g/mol. The summed E-state index contributed by atoms with van der Waals surface area (Å²) in [6.07, 6.45) is -1.59. The lowest BCUT2D eigenvalue weighted by atomic mass is 9.78. The molecule has 2 aliphatic rings. The van der Waals surface area contributed by atoms with E-state index in [1.807, 2.05) is 0 Å². The number of ether oxygens (including phenoxy) is 1. The molecule has 186 valence electrons. The summed E-state index contributed by atoms with van der Waals surface area (Å²) in [5.41, 5.74) is -1.11.